The Hall–Kier alpha value is -2.07. The molecule has 2 aromatic carbocycles. The number of fused-ring (bicyclic) bond motifs is 1. The SMILES string of the molecule is CCCCCCCCCCCCN1C(=O)N[C@H](CO)[C@@H]1c1cccc2ccccc12. The number of nitrogens with one attached hydrogen (secondary N) is 1. The predicted octanol–water partition coefficient (Wildman–Crippen LogP) is 6.19. The Morgan fingerprint density at radius 2 is 1.50 bits per heavy atom. The molecule has 2 aromatic rings. The maximum Gasteiger partial charge on any atom is 0.318 e. The first-order chi connectivity index (χ1) is 14.8. The quantitative estimate of drug-likeness (QED) is 0.387. The summed E-state index contributed by atoms with van der Waals surface area (Å²) in [4.78, 5) is 14.6. The monoisotopic (exact) mass is 410 g/mol. The zero-order valence-corrected chi connectivity index (χ0v) is 18.5. The van der Waals surface area contributed by atoms with Gasteiger partial charge in [-0.2, -0.15) is 0 Å². The van der Waals surface area contributed by atoms with Gasteiger partial charge in [-0.25, -0.2) is 4.79 Å². The van der Waals surface area contributed by atoms with Gasteiger partial charge in [0.05, 0.1) is 18.7 Å². The number of benzene rings is 2. The maximum atomic E-state index is 12.7. The Balaban J connectivity index is 1.54. The average molecular weight is 411 g/mol. The van der Waals surface area contributed by atoms with Crippen molar-refractivity contribution in [2.45, 2.75) is 83.2 Å². The number of aliphatic hydroxyl groups is 1. The van der Waals surface area contributed by atoms with Gasteiger partial charge in [-0.05, 0) is 22.8 Å². The van der Waals surface area contributed by atoms with Crippen molar-refractivity contribution in [3.63, 3.8) is 0 Å². The standard InChI is InChI=1S/C26H38N2O2/c1-2-3-4-5-6-7-8-9-10-13-19-28-25(24(20-29)27-26(28)30)23-18-14-16-21-15-11-12-17-22(21)23/h11-12,14-18,24-25,29H,2-10,13,19-20H2,1H3,(H,27,30)/t24-,25+/m1/s1. The van der Waals surface area contributed by atoms with Crippen molar-refractivity contribution in [3.8, 4) is 0 Å². The van der Waals surface area contributed by atoms with E-state index in [0.717, 1.165) is 30.3 Å². The van der Waals surface area contributed by atoms with E-state index in [-0.39, 0.29) is 24.7 Å². The van der Waals surface area contributed by atoms with Gasteiger partial charge in [-0.3, -0.25) is 0 Å². The molecule has 2 N–H and O–H groups in total. The molecule has 0 aromatic heterocycles. The summed E-state index contributed by atoms with van der Waals surface area (Å²) in [6, 6.07) is 14.1. The van der Waals surface area contributed by atoms with Crippen molar-refractivity contribution in [1.29, 1.82) is 0 Å². The second-order valence-corrected chi connectivity index (χ2v) is 8.63. The smallest absolute Gasteiger partial charge is 0.318 e. The Labute approximate surface area is 181 Å². The Morgan fingerprint density at radius 1 is 0.867 bits per heavy atom. The first kappa shape index (κ1) is 22.6. The fourth-order valence-electron chi connectivity index (χ4n) is 4.71. The van der Waals surface area contributed by atoms with Crippen LogP contribution in [0.4, 0.5) is 4.79 Å². The third kappa shape index (κ3) is 5.75. The van der Waals surface area contributed by atoms with E-state index in [0.29, 0.717) is 0 Å². The fraction of sp³-hybridized carbons (Fsp3) is 0.577. The summed E-state index contributed by atoms with van der Waals surface area (Å²) in [6.45, 7) is 2.95. The van der Waals surface area contributed by atoms with Crippen LogP contribution in [-0.4, -0.2) is 35.2 Å². The van der Waals surface area contributed by atoms with Crippen LogP contribution in [0.1, 0.15) is 82.7 Å². The lowest BCUT2D eigenvalue weighted by Gasteiger charge is -2.27. The summed E-state index contributed by atoms with van der Waals surface area (Å²) in [6.07, 6.45) is 12.8. The van der Waals surface area contributed by atoms with Gasteiger partial charge in [0.2, 0.25) is 0 Å². The molecule has 0 bridgehead atoms. The molecule has 2 amide bonds. The minimum atomic E-state index is -0.258. The third-order valence-corrected chi connectivity index (χ3v) is 6.38. The second-order valence-electron chi connectivity index (χ2n) is 8.63. The first-order valence-corrected chi connectivity index (χ1v) is 11.9. The molecule has 0 aliphatic carbocycles. The summed E-state index contributed by atoms with van der Waals surface area (Å²) >= 11 is 0. The molecule has 1 aliphatic rings. The highest BCUT2D eigenvalue weighted by Gasteiger charge is 2.40. The van der Waals surface area contributed by atoms with Crippen LogP contribution < -0.4 is 5.32 Å². The Kier molecular flexibility index (Phi) is 9.00. The van der Waals surface area contributed by atoms with Crippen molar-refractivity contribution < 1.29 is 9.90 Å². The molecule has 1 heterocycles. The van der Waals surface area contributed by atoms with Crippen LogP contribution in [-0.2, 0) is 0 Å². The molecule has 1 saturated heterocycles. The molecule has 2 atom stereocenters. The number of carbonyl (C=O) groups is 1. The lowest BCUT2D eigenvalue weighted by Crippen LogP contribution is -2.32. The molecule has 4 heteroatoms. The summed E-state index contributed by atoms with van der Waals surface area (Å²) in [5.41, 5.74) is 1.12. The van der Waals surface area contributed by atoms with Gasteiger partial charge in [0.1, 0.15) is 0 Å². The molecular formula is C26H38N2O2. The van der Waals surface area contributed by atoms with E-state index in [1.807, 2.05) is 23.1 Å². The average Bonchev–Trinajstić information content (AvgIpc) is 3.09. The third-order valence-electron chi connectivity index (χ3n) is 6.38. The number of unbranched alkanes of at least 4 members (excludes halogenated alkanes) is 9. The number of urea groups is 1. The van der Waals surface area contributed by atoms with Crippen LogP contribution in [0, 0.1) is 0 Å². The van der Waals surface area contributed by atoms with E-state index in [1.54, 1.807) is 0 Å². The van der Waals surface area contributed by atoms with Crippen molar-refractivity contribution in [2.24, 2.45) is 0 Å². The molecule has 164 valence electrons. The number of carbonyl (C=O) groups excluding carboxylic acids is 1. The highest BCUT2D eigenvalue weighted by Crippen LogP contribution is 2.34. The summed E-state index contributed by atoms with van der Waals surface area (Å²) < 4.78 is 0. The largest absolute Gasteiger partial charge is 0.394 e. The molecule has 0 unspecified atom stereocenters. The fourth-order valence-corrected chi connectivity index (χ4v) is 4.71. The van der Waals surface area contributed by atoms with Gasteiger partial charge in [-0.15, -0.1) is 0 Å². The maximum absolute atomic E-state index is 12.7. The van der Waals surface area contributed by atoms with Crippen molar-refractivity contribution >= 4 is 16.8 Å². The minimum absolute atomic E-state index is 0.0475. The van der Waals surface area contributed by atoms with Crippen LogP contribution in [0.3, 0.4) is 0 Å². The summed E-state index contributed by atoms with van der Waals surface area (Å²) in [5, 5.41) is 15.2. The molecule has 1 fully saturated rings. The number of hydrogen-bond donors (Lipinski definition) is 2. The van der Waals surface area contributed by atoms with Crippen LogP contribution in [0.5, 0.6) is 0 Å². The van der Waals surface area contributed by atoms with Crippen LogP contribution in [0.15, 0.2) is 42.5 Å². The first-order valence-electron chi connectivity index (χ1n) is 11.9. The Morgan fingerprint density at radius 3 is 2.20 bits per heavy atom. The van der Waals surface area contributed by atoms with E-state index in [1.165, 1.54) is 56.8 Å². The highest BCUT2D eigenvalue weighted by molar-refractivity contribution is 5.88. The molecule has 0 spiro atoms. The molecule has 3 rings (SSSR count). The lowest BCUT2D eigenvalue weighted by molar-refractivity contribution is 0.190. The van der Waals surface area contributed by atoms with E-state index in [4.69, 9.17) is 0 Å². The molecule has 4 nitrogen and oxygen atoms in total. The molecule has 0 saturated carbocycles. The van der Waals surface area contributed by atoms with Gasteiger partial charge in [-0.1, -0.05) is 107 Å². The van der Waals surface area contributed by atoms with Gasteiger partial charge in [0.15, 0.2) is 0 Å². The van der Waals surface area contributed by atoms with E-state index >= 15 is 0 Å². The summed E-state index contributed by atoms with van der Waals surface area (Å²) in [5.74, 6) is 0. The number of rotatable bonds is 13. The minimum Gasteiger partial charge on any atom is -0.394 e. The summed E-state index contributed by atoms with van der Waals surface area (Å²) in [7, 11) is 0. The van der Waals surface area contributed by atoms with Crippen molar-refractivity contribution in [2.75, 3.05) is 13.2 Å². The Bertz CT molecular complexity index is 786. The van der Waals surface area contributed by atoms with Crippen molar-refractivity contribution in [1.82, 2.24) is 10.2 Å². The molecule has 1 aliphatic heterocycles. The van der Waals surface area contributed by atoms with Gasteiger partial charge in [0.25, 0.3) is 0 Å². The second kappa shape index (κ2) is 11.9. The number of hydrogen-bond acceptors (Lipinski definition) is 2. The molecule has 30 heavy (non-hydrogen) atoms. The van der Waals surface area contributed by atoms with Gasteiger partial charge in [0, 0.05) is 6.54 Å². The van der Waals surface area contributed by atoms with E-state index < -0.39 is 0 Å². The number of aliphatic hydroxyl groups excluding tert-OH is 1. The number of amides is 2. The van der Waals surface area contributed by atoms with Crippen molar-refractivity contribution in [3.05, 3.63) is 48.0 Å². The van der Waals surface area contributed by atoms with Crippen LogP contribution in [0.2, 0.25) is 0 Å². The molecular weight excluding hydrogens is 372 g/mol. The van der Waals surface area contributed by atoms with Crippen LogP contribution in [0.25, 0.3) is 10.8 Å². The topological polar surface area (TPSA) is 52.6 Å². The lowest BCUT2D eigenvalue weighted by atomic mass is 9.94. The zero-order chi connectivity index (χ0) is 21.2. The number of nitrogens with zero attached hydrogens (tertiary/aromatic N) is 1. The van der Waals surface area contributed by atoms with Gasteiger partial charge >= 0.3 is 6.03 Å². The normalized spacial score (nSPS) is 18.9. The predicted molar refractivity (Wildman–Crippen MR) is 125 cm³/mol. The van der Waals surface area contributed by atoms with E-state index in [2.05, 4.69) is 36.5 Å². The zero-order valence-electron chi connectivity index (χ0n) is 18.5. The van der Waals surface area contributed by atoms with Gasteiger partial charge < -0.3 is 15.3 Å². The van der Waals surface area contributed by atoms with Crippen LogP contribution >= 0.6 is 0 Å². The van der Waals surface area contributed by atoms with E-state index in [9.17, 15) is 9.90 Å². The molecule has 0 radical (unpaired) electrons. The highest BCUT2D eigenvalue weighted by atomic mass is 16.3.